The van der Waals surface area contributed by atoms with Crippen LogP contribution < -0.4 is 16.2 Å². The highest BCUT2D eigenvalue weighted by Gasteiger charge is 2.33. The van der Waals surface area contributed by atoms with Gasteiger partial charge in [-0.3, -0.25) is 19.1 Å². The van der Waals surface area contributed by atoms with Gasteiger partial charge in [-0.25, -0.2) is 9.07 Å². The smallest absolute Gasteiger partial charge is 0.295 e. The Balaban J connectivity index is 1.46. The molecule has 9 heteroatoms. The third-order valence-corrected chi connectivity index (χ3v) is 6.86. The monoisotopic (exact) mass is 454 g/mol. The summed E-state index contributed by atoms with van der Waals surface area (Å²) in [6.07, 6.45) is 0.247. The molecule has 7 nitrogen and oxygen atoms in total. The summed E-state index contributed by atoms with van der Waals surface area (Å²) < 4.78 is 17.1. The highest BCUT2D eigenvalue weighted by Crippen LogP contribution is 2.24. The third-order valence-electron chi connectivity index (χ3n) is 5.56. The first-order valence-corrected chi connectivity index (χ1v) is 11.2. The second-order valence-electron chi connectivity index (χ2n) is 7.60. The van der Waals surface area contributed by atoms with E-state index in [2.05, 4.69) is 10.6 Å². The van der Waals surface area contributed by atoms with E-state index >= 15 is 0 Å². The van der Waals surface area contributed by atoms with Crippen molar-refractivity contribution in [1.82, 2.24) is 14.7 Å². The molecule has 0 saturated carbocycles. The molecule has 1 aliphatic rings. The summed E-state index contributed by atoms with van der Waals surface area (Å²) in [6, 6.07) is 14.7. The molecule has 2 aromatic carbocycles. The maximum Gasteiger partial charge on any atom is 0.295 e. The quantitative estimate of drug-likeness (QED) is 0.620. The van der Waals surface area contributed by atoms with Gasteiger partial charge in [0.1, 0.15) is 17.5 Å². The SMILES string of the molecule is Cc1c(NC(=O)C2CSC(Cc3ccccc3F)C(=O)N2)c(=O)n(-c2ccccc2)n1C. The van der Waals surface area contributed by atoms with E-state index in [-0.39, 0.29) is 29.4 Å². The molecule has 1 saturated heterocycles. The number of anilines is 1. The van der Waals surface area contributed by atoms with Crippen molar-refractivity contribution in [2.45, 2.75) is 24.6 Å². The first-order valence-electron chi connectivity index (χ1n) is 10.2. The Kier molecular flexibility index (Phi) is 6.18. The molecule has 1 fully saturated rings. The minimum Gasteiger partial charge on any atom is -0.343 e. The minimum absolute atomic E-state index is 0.175. The van der Waals surface area contributed by atoms with E-state index in [1.807, 2.05) is 18.2 Å². The fourth-order valence-corrected chi connectivity index (χ4v) is 4.85. The van der Waals surface area contributed by atoms with Crippen LogP contribution in [-0.2, 0) is 23.1 Å². The van der Waals surface area contributed by atoms with E-state index in [1.165, 1.54) is 22.5 Å². The van der Waals surface area contributed by atoms with Crippen molar-refractivity contribution < 1.29 is 14.0 Å². The Morgan fingerprint density at radius 1 is 1.16 bits per heavy atom. The van der Waals surface area contributed by atoms with Gasteiger partial charge in [-0.2, -0.15) is 0 Å². The number of benzene rings is 2. The number of nitrogens with zero attached hydrogens (tertiary/aromatic N) is 2. The molecule has 0 aliphatic carbocycles. The molecular formula is C23H23FN4O3S. The van der Waals surface area contributed by atoms with Crippen LogP contribution in [0.5, 0.6) is 0 Å². The number of aromatic nitrogens is 2. The number of carbonyl (C=O) groups is 2. The summed E-state index contributed by atoms with van der Waals surface area (Å²) in [6.45, 7) is 1.75. The summed E-state index contributed by atoms with van der Waals surface area (Å²) in [5.74, 6) is -0.803. The highest BCUT2D eigenvalue weighted by molar-refractivity contribution is 8.00. The molecule has 3 aromatic rings. The Morgan fingerprint density at radius 2 is 1.84 bits per heavy atom. The average molecular weight is 455 g/mol. The van der Waals surface area contributed by atoms with Gasteiger partial charge in [-0.05, 0) is 37.1 Å². The molecule has 32 heavy (non-hydrogen) atoms. The topological polar surface area (TPSA) is 85.1 Å². The second-order valence-corrected chi connectivity index (χ2v) is 8.84. The largest absolute Gasteiger partial charge is 0.343 e. The number of para-hydroxylation sites is 1. The van der Waals surface area contributed by atoms with Crippen LogP contribution in [0.2, 0.25) is 0 Å². The van der Waals surface area contributed by atoms with Crippen LogP contribution in [0.3, 0.4) is 0 Å². The number of thioether (sulfide) groups is 1. The zero-order valence-corrected chi connectivity index (χ0v) is 18.5. The fourth-order valence-electron chi connectivity index (χ4n) is 3.67. The van der Waals surface area contributed by atoms with Crippen molar-refractivity contribution >= 4 is 29.3 Å². The lowest BCUT2D eigenvalue weighted by atomic mass is 10.1. The molecular weight excluding hydrogens is 431 g/mol. The summed E-state index contributed by atoms with van der Waals surface area (Å²) in [5.41, 5.74) is 1.57. The predicted octanol–water partition coefficient (Wildman–Crippen LogP) is 2.40. The first kappa shape index (κ1) is 21.9. The van der Waals surface area contributed by atoms with Crippen LogP contribution >= 0.6 is 11.8 Å². The molecule has 0 spiro atoms. The summed E-state index contributed by atoms with van der Waals surface area (Å²) in [4.78, 5) is 38.4. The molecule has 0 bridgehead atoms. The van der Waals surface area contributed by atoms with Gasteiger partial charge in [-0.1, -0.05) is 36.4 Å². The normalized spacial score (nSPS) is 18.3. The number of rotatable bonds is 5. The van der Waals surface area contributed by atoms with Crippen molar-refractivity contribution in [3.63, 3.8) is 0 Å². The number of amides is 2. The third kappa shape index (κ3) is 4.20. The van der Waals surface area contributed by atoms with Gasteiger partial charge in [0.2, 0.25) is 11.8 Å². The first-order chi connectivity index (χ1) is 15.4. The van der Waals surface area contributed by atoms with Crippen LogP contribution in [0.4, 0.5) is 10.1 Å². The van der Waals surface area contributed by atoms with E-state index < -0.39 is 17.2 Å². The lowest BCUT2D eigenvalue weighted by Crippen LogP contribution is -2.53. The van der Waals surface area contributed by atoms with Crippen molar-refractivity contribution in [2.24, 2.45) is 7.05 Å². The van der Waals surface area contributed by atoms with E-state index in [9.17, 15) is 18.8 Å². The maximum atomic E-state index is 13.9. The lowest BCUT2D eigenvalue weighted by molar-refractivity contribution is -0.126. The average Bonchev–Trinajstić information content (AvgIpc) is 3.00. The molecule has 0 radical (unpaired) electrons. The zero-order chi connectivity index (χ0) is 22.8. The summed E-state index contributed by atoms with van der Waals surface area (Å²) >= 11 is 1.31. The summed E-state index contributed by atoms with van der Waals surface area (Å²) in [7, 11) is 1.74. The van der Waals surface area contributed by atoms with E-state index in [0.29, 0.717) is 22.7 Å². The van der Waals surface area contributed by atoms with E-state index in [4.69, 9.17) is 0 Å². The van der Waals surface area contributed by atoms with E-state index in [0.717, 1.165) is 0 Å². The van der Waals surface area contributed by atoms with Crippen molar-refractivity contribution in [3.8, 4) is 5.69 Å². The standard InChI is InChI=1S/C23H23FN4O3S/c1-14-20(23(31)28(27(14)2)16-9-4-3-5-10-16)26-21(29)18-13-32-19(22(30)25-18)12-15-8-6-7-11-17(15)24/h3-11,18-19H,12-13H2,1-2H3,(H,25,30)(H,26,29). The Hall–Kier alpha value is -3.33. The zero-order valence-electron chi connectivity index (χ0n) is 17.7. The molecule has 166 valence electrons. The van der Waals surface area contributed by atoms with Gasteiger partial charge in [0.05, 0.1) is 16.6 Å². The van der Waals surface area contributed by atoms with Gasteiger partial charge in [-0.15, -0.1) is 11.8 Å². The number of carbonyl (C=O) groups excluding carboxylic acids is 2. The van der Waals surface area contributed by atoms with Crippen molar-refractivity contribution in [1.29, 1.82) is 0 Å². The Morgan fingerprint density at radius 3 is 2.53 bits per heavy atom. The molecule has 2 heterocycles. The van der Waals surface area contributed by atoms with Crippen LogP contribution in [0.1, 0.15) is 11.3 Å². The Bertz CT molecular complexity index is 1220. The molecule has 4 rings (SSSR count). The molecule has 2 amide bonds. The highest BCUT2D eigenvalue weighted by atomic mass is 32.2. The van der Waals surface area contributed by atoms with Crippen LogP contribution in [0.25, 0.3) is 5.69 Å². The maximum absolute atomic E-state index is 13.9. The van der Waals surface area contributed by atoms with Gasteiger partial charge in [0, 0.05) is 12.8 Å². The molecule has 2 N–H and O–H groups in total. The molecule has 1 aromatic heterocycles. The lowest BCUT2D eigenvalue weighted by Gasteiger charge is -2.28. The van der Waals surface area contributed by atoms with E-state index in [1.54, 1.807) is 49.0 Å². The fraction of sp³-hybridized carbons (Fsp3) is 0.261. The van der Waals surface area contributed by atoms with Crippen molar-refractivity contribution in [3.05, 3.63) is 82.0 Å². The van der Waals surface area contributed by atoms with Crippen LogP contribution in [-0.4, -0.2) is 38.2 Å². The molecule has 2 atom stereocenters. The number of halogens is 1. The van der Waals surface area contributed by atoms with Gasteiger partial charge in [0.15, 0.2) is 0 Å². The van der Waals surface area contributed by atoms with Gasteiger partial charge in [0.25, 0.3) is 5.56 Å². The van der Waals surface area contributed by atoms with Gasteiger partial charge >= 0.3 is 0 Å². The summed E-state index contributed by atoms with van der Waals surface area (Å²) in [5, 5.41) is 4.92. The number of hydrogen-bond acceptors (Lipinski definition) is 4. The number of nitrogens with one attached hydrogen (secondary N) is 2. The van der Waals surface area contributed by atoms with Gasteiger partial charge < -0.3 is 10.6 Å². The Labute approximate surface area is 188 Å². The second kappa shape index (κ2) is 9.04. The van der Waals surface area contributed by atoms with Crippen LogP contribution in [0, 0.1) is 12.7 Å². The van der Waals surface area contributed by atoms with Crippen LogP contribution in [0.15, 0.2) is 59.4 Å². The molecule has 1 aliphatic heterocycles. The predicted molar refractivity (Wildman–Crippen MR) is 123 cm³/mol. The number of hydrogen-bond donors (Lipinski definition) is 2. The minimum atomic E-state index is -0.784. The molecule has 2 unspecified atom stereocenters. The van der Waals surface area contributed by atoms with Crippen molar-refractivity contribution in [2.75, 3.05) is 11.1 Å².